The number of rotatable bonds is 6. The average Bonchev–Trinajstić information content (AvgIpc) is 2.30. The summed E-state index contributed by atoms with van der Waals surface area (Å²) in [6.07, 6.45) is 4.40. The summed E-state index contributed by atoms with van der Waals surface area (Å²) in [5, 5.41) is 12.1. The molecule has 0 bridgehead atoms. The molecule has 0 saturated carbocycles. The fourth-order valence-corrected chi connectivity index (χ4v) is 2.15. The van der Waals surface area contributed by atoms with Crippen molar-refractivity contribution in [3.8, 4) is 0 Å². The maximum absolute atomic E-state index is 10.9. The Bertz CT molecular complexity index is 398. The van der Waals surface area contributed by atoms with Gasteiger partial charge in [-0.1, -0.05) is 6.92 Å². The number of carboxylic acid groups (broad SMARTS) is 1. The third-order valence-corrected chi connectivity index (χ3v) is 3.16. The third kappa shape index (κ3) is 3.52. The Labute approximate surface area is 105 Å². The Balaban J connectivity index is 2.91. The second-order valence-electron chi connectivity index (χ2n) is 3.63. The minimum Gasteiger partial charge on any atom is -0.478 e. The quantitative estimate of drug-likeness (QED) is 0.719. The van der Waals surface area contributed by atoms with E-state index in [1.54, 1.807) is 11.8 Å². The van der Waals surface area contributed by atoms with E-state index in [2.05, 4.69) is 17.2 Å². The summed E-state index contributed by atoms with van der Waals surface area (Å²) in [6, 6.07) is 1.64. The van der Waals surface area contributed by atoms with Gasteiger partial charge in [-0.2, -0.15) is 11.8 Å². The SMILES string of the molecule is CCC(CSC)Nc1nccc(C(=O)O)c1N. The van der Waals surface area contributed by atoms with Gasteiger partial charge in [0.15, 0.2) is 0 Å². The van der Waals surface area contributed by atoms with Gasteiger partial charge in [-0.15, -0.1) is 0 Å². The van der Waals surface area contributed by atoms with Gasteiger partial charge in [-0.05, 0) is 18.7 Å². The molecule has 0 aliphatic carbocycles. The maximum Gasteiger partial charge on any atom is 0.337 e. The van der Waals surface area contributed by atoms with Gasteiger partial charge >= 0.3 is 5.97 Å². The zero-order valence-corrected chi connectivity index (χ0v) is 10.8. The molecule has 0 aliphatic rings. The van der Waals surface area contributed by atoms with Gasteiger partial charge in [-0.25, -0.2) is 9.78 Å². The molecule has 6 heteroatoms. The predicted molar refractivity (Wildman–Crippen MR) is 71.7 cm³/mol. The summed E-state index contributed by atoms with van der Waals surface area (Å²) in [6.45, 7) is 2.06. The molecule has 0 spiro atoms. The van der Waals surface area contributed by atoms with Crippen LogP contribution in [0.2, 0.25) is 0 Å². The van der Waals surface area contributed by atoms with Crippen LogP contribution in [-0.2, 0) is 0 Å². The van der Waals surface area contributed by atoms with E-state index >= 15 is 0 Å². The smallest absolute Gasteiger partial charge is 0.337 e. The Hall–Kier alpha value is -1.43. The fourth-order valence-electron chi connectivity index (χ4n) is 1.43. The molecule has 1 aromatic heterocycles. The van der Waals surface area contributed by atoms with Gasteiger partial charge in [-0.3, -0.25) is 0 Å². The van der Waals surface area contributed by atoms with Gasteiger partial charge in [0.1, 0.15) is 5.82 Å². The first-order valence-electron chi connectivity index (χ1n) is 5.33. The monoisotopic (exact) mass is 255 g/mol. The summed E-state index contributed by atoms with van der Waals surface area (Å²) in [7, 11) is 0. The number of hydrogen-bond acceptors (Lipinski definition) is 5. The predicted octanol–water partition coefficient (Wildman–Crippen LogP) is 1.92. The van der Waals surface area contributed by atoms with Crippen molar-refractivity contribution in [1.82, 2.24) is 4.98 Å². The van der Waals surface area contributed by atoms with Crippen molar-refractivity contribution in [3.63, 3.8) is 0 Å². The highest BCUT2D eigenvalue weighted by Crippen LogP contribution is 2.21. The molecule has 17 heavy (non-hydrogen) atoms. The highest BCUT2D eigenvalue weighted by Gasteiger charge is 2.14. The topological polar surface area (TPSA) is 88.2 Å². The molecule has 0 fully saturated rings. The van der Waals surface area contributed by atoms with E-state index < -0.39 is 5.97 Å². The lowest BCUT2D eigenvalue weighted by atomic mass is 10.2. The highest BCUT2D eigenvalue weighted by atomic mass is 32.2. The molecular weight excluding hydrogens is 238 g/mol. The standard InChI is InChI=1S/C11H17N3O2S/c1-3-7(6-17-2)14-10-9(12)8(11(15)16)4-5-13-10/h4-5,7H,3,6,12H2,1-2H3,(H,13,14)(H,15,16). The molecule has 0 radical (unpaired) electrons. The van der Waals surface area contributed by atoms with Crippen LogP contribution in [0.3, 0.4) is 0 Å². The lowest BCUT2D eigenvalue weighted by molar-refractivity contribution is 0.0698. The lowest BCUT2D eigenvalue weighted by Crippen LogP contribution is -2.23. The number of nitrogens with one attached hydrogen (secondary N) is 1. The molecule has 5 nitrogen and oxygen atoms in total. The molecule has 94 valence electrons. The minimum absolute atomic E-state index is 0.0847. The van der Waals surface area contributed by atoms with E-state index in [4.69, 9.17) is 10.8 Å². The number of aromatic carboxylic acids is 1. The van der Waals surface area contributed by atoms with E-state index in [-0.39, 0.29) is 17.3 Å². The van der Waals surface area contributed by atoms with Gasteiger partial charge in [0.05, 0.1) is 11.3 Å². The zero-order valence-electron chi connectivity index (χ0n) is 9.93. The average molecular weight is 255 g/mol. The zero-order chi connectivity index (χ0) is 12.8. The summed E-state index contributed by atoms with van der Waals surface area (Å²) in [5.74, 6) is 0.339. The number of hydrogen-bond donors (Lipinski definition) is 3. The molecule has 1 atom stereocenters. The van der Waals surface area contributed by atoms with Crippen molar-refractivity contribution < 1.29 is 9.90 Å². The van der Waals surface area contributed by atoms with Crippen LogP contribution in [-0.4, -0.2) is 34.1 Å². The number of carboxylic acids is 1. The number of aromatic nitrogens is 1. The molecule has 1 unspecified atom stereocenters. The molecule has 1 rings (SSSR count). The molecule has 1 heterocycles. The fraction of sp³-hybridized carbons (Fsp3) is 0.455. The minimum atomic E-state index is -1.04. The van der Waals surface area contributed by atoms with E-state index in [1.165, 1.54) is 12.3 Å². The first-order valence-corrected chi connectivity index (χ1v) is 6.72. The molecule has 0 aromatic carbocycles. The van der Waals surface area contributed by atoms with Crippen LogP contribution >= 0.6 is 11.8 Å². The first-order chi connectivity index (χ1) is 8.10. The van der Waals surface area contributed by atoms with Gasteiger partial charge in [0, 0.05) is 18.0 Å². The van der Waals surface area contributed by atoms with Crippen molar-refractivity contribution in [1.29, 1.82) is 0 Å². The summed E-state index contributed by atoms with van der Waals surface area (Å²) >= 11 is 1.72. The molecule has 0 aliphatic heterocycles. The van der Waals surface area contributed by atoms with Gasteiger partial charge in [0.25, 0.3) is 0 Å². The van der Waals surface area contributed by atoms with Gasteiger partial charge in [0.2, 0.25) is 0 Å². The number of thioether (sulfide) groups is 1. The van der Waals surface area contributed by atoms with Crippen LogP contribution in [0, 0.1) is 0 Å². The maximum atomic E-state index is 10.9. The van der Waals surface area contributed by atoms with Crippen LogP contribution in [0.4, 0.5) is 11.5 Å². The van der Waals surface area contributed by atoms with Crippen molar-refractivity contribution in [3.05, 3.63) is 17.8 Å². The Kier molecular flexibility index (Phi) is 5.09. The van der Waals surface area contributed by atoms with Crippen LogP contribution in [0.5, 0.6) is 0 Å². The number of carbonyl (C=O) groups is 1. The summed E-state index contributed by atoms with van der Waals surface area (Å²) in [4.78, 5) is 15.0. The summed E-state index contributed by atoms with van der Waals surface area (Å²) in [5.41, 5.74) is 6.05. The van der Waals surface area contributed by atoms with Crippen molar-refractivity contribution >= 4 is 29.2 Å². The van der Waals surface area contributed by atoms with E-state index in [0.717, 1.165) is 12.2 Å². The third-order valence-electron chi connectivity index (χ3n) is 2.42. The summed E-state index contributed by atoms with van der Waals surface area (Å²) < 4.78 is 0. The lowest BCUT2D eigenvalue weighted by Gasteiger charge is -2.18. The van der Waals surface area contributed by atoms with Crippen LogP contribution in [0.1, 0.15) is 23.7 Å². The Morgan fingerprint density at radius 1 is 1.71 bits per heavy atom. The van der Waals surface area contributed by atoms with Crippen molar-refractivity contribution in [2.24, 2.45) is 0 Å². The number of nitrogens with two attached hydrogens (primary N) is 1. The molecule has 0 amide bonds. The van der Waals surface area contributed by atoms with E-state index in [0.29, 0.717) is 5.82 Å². The molecule has 4 N–H and O–H groups in total. The van der Waals surface area contributed by atoms with E-state index in [9.17, 15) is 4.79 Å². The molecule has 0 saturated heterocycles. The van der Waals surface area contributed by atoms with Crippen LogP contribution < -0.4 is 11.1 Å². The Morgan fingerprint density at radius 2 is 2.41 bits per heavy atom. The normalized spacial score (nSPS) is 12.1. The largest absolute Gasteiger partial charge is 0.478 e. The van der Waals surface area contributed by atoms with E-state index in [1.807, 2.05) is 6.26 Å². The second-order valence-corrected chi connectivity index (χ2v) is 4.54. The van der Waals surface area contributed by atoms with Crippen LogP contribution in [0.15, 0.2) is 12.3 Å². The first kappa shape index (κ1) is 13.6. The molecular formula is C11H17N3O2S. The Morgan fingerprint density at radius 3 is 2.94 bits per heavy atom. The van der Waals surface area contributed by atoms with Crippen molar-refractivity contribution in [2.75, 3.05) is 23.1 Å². The second kappa shape index (κ2) is 6.34. The number of nitrogens with zero attached hydrogens (tertiary/aromatic N) is 1. The van der Waals surface area contributed by atoms with Gasteiger partial charge < -0.3 is 16.2 Å². The molecule has 1 aromatic rings. The van der Waals surface area contributed by atoms with Crippen LogP contribution in [0.25, 0.3) is 0 Å². The van der Waals surface area contributed by atoms with Crippen molar-refractivity contribution in [2.45, 2.75) is 19.4 Å². The number of nitrogen functional groups attached to an aromatic ring is 1. The number of anilines is 2. The number of pyridine rings is 1. The highest BCUT2D eigenvalue weighted by molar-refractivity contribution is 7.98.